The fourth-order valence-corrected chi connectivity index (χ4v) is 1.56. The van der Waals surface area contributed by atoms with Crippen molar-refractivity contribution in [1.29, 1.82) is 0 Å². The summed E-state index contributed by atoms with van der Waals surface area (Å²) in [5.74, 6) is 0.645. The van der Waals surface area contributed by atoms with Crippen molar-refractivity contribution < 1.29 is 9.84 Å². The van der Waals surface area contributed by atoms with E-state index in [2.05, 4.69) is 5.10 Å². The summed E-state index contributed by atoms with van der Waals surface area (Å²) in [7, 11) is 5.42. The zero-order chi connectivity index (χ0) is 11.4. The molecule has 0 fully saturated rings. The average molecular weight is 213 g/mol. The lowest BCUT2D eigenvalue weighted by molar-refractivity contribution is 0.126. The van der Waals surface area contributed by atoms with Gasteiger partial charge >= 0.3 is 0 Å². The molecule has 1 aromatic rings. The second kappa shape index (κ2) is 5.14. The molecule has 15 heavy (non-hydrogen) atoms. The number of methoxy groups -OCH3 is 1. The number of rotatable bonds is 5. The highest BCUT2D eigenvalue weighted by Gasteiger charge is 2.19. The van der Waals surface area contributed by atoms with Gasteiger partial charge in [0.05, 0.1) is 13.3 Å². The summed E-state index contributed by atoms with van der Waals surface area (Å²) < 4.78 is 6.93. The Balaban J connectivity index is 2.93. The molecule has 1 unspecified atom stereocenters. The van der Waals surface area contributed by atoms with Gasteiger partial charge in [-0.2, -0.15) is 5.10 Å². The summed E-state index contributed by atoms with van der Waals surface area (Å²) in [6, 6.07) is 0. The molecule has 5 nitrogen and oxygen atoms in total. The molecule has 0 saturated carbocycles. The first-order valence-corrected chi connectivity index (χ1v) is 5.02. The van der Waals surface area contributed by atoms with E-state index in [1.807, 2.05) is 25.9 Å². The Morgan fingerprint density at radius 1 is 1.60 bits per heavy atom. The van der Waals surface area contributed by atoms with Crippen molar-refractivity contribution >= 4 is 0 Å². The van der Waals surface area contributed by atoms with Crippen LogP contribution in [-0.2, 0) is 6.54 Å². The molecule has 0 radical (unpaired) electrons. The number of aliphatic hydroxyl groups excluding tert-OH is 1. The molecule has 0 aliphatic carbocycles. The molecule has 1 atom stereocenters. The maximum absolute atomic E-state index is 10.0. The zero-order valence-corrected chi connectivity index (χ0v) is 9.77. The second-order valence-electron chi connectivity index (χ2n) is 3.69. The van der Waals surface area contributed by atoms with Gasteiger partial charge in [-0.15, -0.1) is 0 Å². The van der Waals surface area contributed by atoms with Crippen molar-refractivity contribution in [2.75, 3.05) is 27.7 Å². The van der Waals surface area contributed by atoms with Crippen molar-refractivity contribution in [3.8, 4) is 5.75 Å². The van der Waals surface area contributed by atoms with Crippen molar-refractivity contribution in [2.45, 2.75) is 19.6 Å². The Bertz CT molecular complexity index is 288. The third-order valence-electron chi connectivity index (χ3n) is 2.22. The summed E-state index contributed by atoms with van der Waals surface area (Å²) in [5, 5.41) is 14.2. The number of nitrogens with zero attached hydrogens (tertiary/aromatic N) is 3. The highest BCUT2D eigenvalue weighted by molar-refractivity contribution is 5.27. The lowest BCUT2D eigenvalue weighted by Crippen LogP contribution is -2.22. The van der Waals surface area contributed by atoms with Crippen LogP contribution in [0, 0.1) is 0 Å². The van der Waals surface area contributed by atoms with E-state index >= 15 is 0 Å². The van der Waals surface area contributed by atoms with Gasteiger partial charge in [-0.3, -0.25) is 4.68 Å². The predicted molar refractivity (Wildman–Crippen MR) is 58.0 cm³/mol. The quantitative estimate of drug-likeness (QED) is 0.774. The molecule has 1 rings (SSSR count). The standard InChI is InChI=1S/C10H19N3O2/c1-5-13-10(8(14)7-12(2)3)9(15-4)6-11-13/h6,8,14H,5,7H2,1-4H3. The van der Waals surface area contributed by atoms with Gasteiger partial charge in [-0.1, -0.05) is 0 Å². The van der Waals surface area contributed by atoms with Gasteiger partial charge in [0, 0.05) is 13.1 Å². The fraction of sp³-hybridized carbons (Fsp3) is 0.700. The molecule has 0 bridgehead atoms. The monoisotopic (exact) mass is 213 g/mol. The van der Waals surface area contributed by atoms with Crippen LogP contribution >= 0.6 is 0 Å². The molecule has 0 amide bonds. The topological polar surface area (TPSA) is 50.5 Å². The van der Waals surface area contributed by atoms with Crippen LogP contribution in [0.1, 0.15) is 18.7 Å². The number of aromatic nitrogens is 2. The highest BCUT2D eigenvalue weighted by Crippen LogP contribution is 2.24. The van der Waals surface area contributed by atoms with Gasteiger partial charge in [0.2, 0.25) is 0 Å². The van der Waals surface area contributed by atoms with Crippen molar-refractivity contribution in [3.63, 3.8) is 0 Å². The summed E-state index contributed by atoms with van der Waals surface area (Å²) >= 11 is 0. The van der Waals surface area contributed by atoms with Crippen LogP contribution in [0.15, 0.2) is 6.20 Å². The molecule has 1 aromatic heterocycles. The minimum atomic E-state index is -0.572. The van der Waals surface area contributed by atoms with Gasteiger partial charge < -0.3 is 14.7 Å². The molecule has 86 valence electrons. The highest BCUT2D eigenvalue weighted by atomic mass is 16.5. The minimum Gasteiger partial charge on any atom is -0.493 e. The van der Waals surface area contributed by atoms with Gasteiger partial charge in [0.15, 0.2) is 5.75 Å². The SMILES string of the molecule is CCn1ncc(OC)c1C(O)CN(C)C. The first-order chi connectivity index (χ1) is 7.10. The normalized spacial score (nSPS) is 13.2. The number of ether oxygens (including phenoxy) is 1. The first-order valence-electron chi connectivity index (χ1n) is 5.02. The Labute approximate surface area is 90.3 Å². The zero-order valence-electron chi connectivity index (χ0n) is 9.77. The third-order valence-corrected chi connectivity index (χ3v) is 2.22. The maximum atomic E-state index is 10.0. The number of hydrogen-bond donors (Lipinski definition) is 1. The van der Waals surface area contributed by atoms with Gasteiger partial charge in [0.1, 0.15) is 11.8 Å². The van der Waals surface area contributed by atoms with E-state index < -0.39 is 6.10 Å². The third kappa shape index (κ3) is 2.70. The first kappa shape index (κ1) is 12.0. The molecule has 0 aliphatic heterocycles. The second-order valence-corrected chi connectivity index (χ2v) is 3.69. The Kier molecular flexibility index (Phi) is 4.11. The van der Waals surface area contributed by atoms with E-state index in [-0.39, 0.29) is 0 Å². The molecule has 0 saturated heterocycles. The smallest absolute Gasteiger partial charge is 0.162 e. The Morgan fingerprint density at radius 2 is 2.27 bits per heavy atom. The van der Waals surface area contributed by atoms with Crippen LogP contribution < -0.4 is 4.74 Å². The molecule has 0 spiro atoms. The molecule has 5 heteroatoms. The minimum absolute atomic E-state index is 0.558. The number of hydrogen-bond acceptors (Lipinski definition) is 4. The maximum Gasteiger partial charge on any atom is 0.162 e. The van der Waals surface area contributed by atoms with E-state index in [1.165, 1.54) is 0 Å². The van der Waals surface area contributed by atoms with Crippen LogP contribution in [0.25, 0.3) is 0 Å². The van der Waals surface area contributed by atoms with Crippen molar-refractivity contribution in [1.82, 2.24) is 14.7 Å². The van der Waals surface area contributed by atoms with E-state index in [0.29, 0.717) is 12.3 Å². The predicted octanol–water partition coefficient (Wildman–Crippen LogP) is 0.507. The molecular formula is C10H19N3O2. The van der Waals surface area contributed by atoms with Crippen LogP contribution in [0.2, 0.25) is 0 Å². The number of likely N-dealkylation sites (N-methyl/N-ethyl adjacent to an activating group) is 1. The van der Waals surface area contributed by atoms with E-state index in [1.54, 1.807) is 18.0 Å². The van der Waals surface area contributed by atoms with E-state index in [4.69, 9.17) is 4.74 Å². The number of aryl methyl sites for hydroxylation is 1. The molecule has 1 N–H and O–H groups in total. The Morgan fingerprint density at radius 3 is 2.73 bits per heavy atom. The molecule has 1 heterocycles. The average Bonchev–Trinajstić information content (AvgIpc) is 2.58. The van der Waals surface area contributed by atoms with Crippen LogP contribution in [0.3, 0.4) is 0 Å². The summed E-state index contributed by atoms with van der Waals surface area (Å²) in [4.78, 5) is 1.93. The largest absolute Gasteiger partial charge is 0.493 e. The summed E-state index contributed by atoms with van der Waals surface area (Å²) in [5.41, 5.74) is 0.744. The van der Waals surface area contributed by atoms with Gasteiger partial charge in [-0.25, -0.2) is 0 Å². The molecular weight excluding hydrogens is 194 g/mol. The molecule has 0 aliphatic rings. The number of aliphatic hydroxyl groups is 1. The lowest BCUT2D eigenvalue weighted by atomic mass is 10.2. The van der Waals surface area contributed by atoms with Crippen LogP contribution in [-0.4, -0.2) is 47.5 Å². The summed E-state index contributed by atoms with van der Waals surface area (Å²) in [6.07, 6.45) is 1.06. The van der Waals surface area contributed by atoms with E-state index in [0.717, 1.165) is 12.2 Å². The van der Waals surface area contributed by atoms with Gasteiger partial charge in [0.25, 0.3) is 0 Å². The van der Waals surface area contributed by atoms with E-state index in [9.17, 15) is 5.11 Å². The van der Waals surface area contributed by atoms with Crippen LogP contribution in [0.5, 0.6) is 5.75 Å². The van der Waals surface area contributed by atoms with Gasteiger partial charge in [-0.05, 0) is 21.0 Å². The van der Waals surface area contributed by atoms with Crippen molar-refractivity contribution in [2.24, 2.45) is 0 Å². The molecule has 0 aromatic carbocycles. The fourth-order valence-electron chi connectivity index (χ4n) is 1.56. The van der Waals surface area contributed by atoms with Crippen molar-refractivity contribution in [3.05, 3.63) is 11.9 Å². The lowest BCUT2D eigenvalue weighted by Gasteiger charge is -2.17. The Hall–Kier alpha value is -1.07. The van der Waals surface area contributed by atoms with Crippen LogP contribution in [0.4, 0.5) is 0 Å². The summed E-state index contributed by atoms with van der Waals surface area (Å²) in [6.45, 7) is 3.27.